The van der Waals surface area contributed by atoms with E-state index >= 15 is 0 Å². The van der Waals surface area contributed by atoms with Crippen molar-refractivity contribution in [2.24, 2.45) is 0 Å². The molecule has 0 amide bonds. The predicted octanol–water partition coefficient (Wildman–Crippen LogP) is 17.1. The van der Waals surface area contributed by atoms with E-state index in [1.807, 2.05) is 78.9 Å². The Kier molecular flexibility index (Phi) is 8.71. The van der Waals surface area contributed by atoms with Gasteiger partial charge in [-0.25, -0.2) is 4.98 Å². The van der Waals surface area contributed by atoms with Gasteiger partial charge in [-0.05, 0) is 96.5 Å². The third kappa shape index (κ3) is 10.1. The quantitative estimate of drug-likeness (QED) is 0.162. The zero-order valence-electron chi connectivity index (χ0n) is 56.2. The number of benzene rings is 7. The van der Waals surface area contributed by atoms with Crippen LogP contribution in [0.2, 0.25) is 0 Å². The molecule has 0 aliphatic heterocycles. The molecule has 0 aliphatic carbocycles. The largest absolute Gasteiger partial charge is 0.507 e. The molecule has 2 heterocycles. The van der Waals surface area contributed by atoms with Gasteiger partial charge in [0, 0.05) is 56.5 Å². The van der Waals surface area contributed by atoms with E-state index in [9.17, 15) is 9.22 Å². The summed E-state index contributed by atoms with van der Waals surface area (Å²) >= 11 is 0. The van der Waals surface area contributed by atoms with E-state index in [1.165, 1.54) is 0 Å². The third-order valence-electron chi connectivity index (χ3n) is 12.2. The normalized spacial score (nSPS) is 16.2. The van der Waals surface area contributed by atoms with E-state index in [1.54, 1.807) is 6.07 Å². The Morgan fingerprint density at radius 3 is 1.75 bits per heavy atom. The summed E-state index contributed by atoms with van der Waals surface area (Å²) in [7, 11) is 0. The summed E-state index contributed by atoms with van der Waals surface area (Å²) in [6.07, 6.45) is -0.761. The minimum Gasteiger partial charge on any atom is -0.507 e. The van der Waals surface area contributed by atoms with Gasteiger partial charge in [-0.15, -0.1) is 23.8 Å². The number of para-hydroxylation sites is 1. The number of phenolic OH excluding ortho intramolecular Hbond substituents is 1. The molecule has 0 atom stereocenters. The Morgan fingerprint density at radius 2 is 1.14 bits per heavy atom. The molecule has 7 aromatic carbocycles. The Balaban J connectivity index is 0.00000940. The monoisotopic (exact) mass is 1100 g/mol. The van der Waals surface area contributed by atoms with Crippen LogP contribution >= 0.6 is 0 Å². The molecule has 5 heteroatoms. The Hall–Kier alpha value is -6.35. The van der Waals surface area contributed by atoms with Gasteiger partial charge in [0.05, 0.1) is 26.2 Å². The standard InChI is InChI=1S/C64H64N3O.Pt/c1-61(2,3)49-28-26-43(27-29-49)44-30-31-65-56(37-44)48-33-45(41-20-15-13-16-21-41)32-47(34-48)53-24-19-25-57-58(53)66-60(54-39-51(63(7,8)9)40-55(59(54)68)64(10,11)12)67(57)52-36-46(42-22-17-14-18-23-42)35-50(38-52)62(4,5)6;/h13-33,35-40,68H,1-12H3;/q-1;/i1D3,2D3,3D3,26D,27D,28D,29D,30D,31D,37D;. The van der Waals surface area contributed by atoms with E-state index in [-0.39, 0.29) is 48.9 Å². The number of hydrogen-bond acceptors (Lipinski definition) is 3. The van der Waals surface area contributed by atoms with Gasteiger partial charge in [0.2, 0.25) is 0 Å². The number of aromatic nitrogens is 3. The van der Waals surface area contributed by atoms with Crippen molar-refractivity contribution in [2.75, 3.05) is 0 Å². The fourth-order valence-corrected chi connectivity index (χ4v) is 8.37. The van der Waals surface area contributed by atoms with Gasteiger partial charge in [0.25, 0.3) is 0 Å². The molecule has 0 bridgehead atoms. The second-order valence-electron chi connectivity index (χ2n) is 20.5. The summed E-state index contributed by atoms with van der Waals surface area (Å²) in [5.41, 5.74) is 1.32. The smallest absolute Gasteiger partial charge is 0.148 e. The second kappa shape index (κ2) is 18.5. The molecule has 0 radical (unpaired) electrons. The number of hydrogen-bond donors (Lipinski definition) is 1. The Labute approximate surface area is 447 Å². The minimum atomic E-state index is -3.94. The molecular weight excluding hydrogens is 1020 g/mol. The zero-order valence-corrected chi connectivity index (χ0v) is 42.4. The number of pyridine rings is 1. The van der Waals surface area contributed by atoms with Crippen molar-refractivity contribution in [1.82, 2.24) is 14.5 Å². The number of aromatic hydroxyl groups is 1. The third-order valence-corrected chi connectivity index (χ3v) is 12.2. The van der Waals surface area contributed by atoms with Gasteiger partial charge in [-0.2, -0.15) is 0 Å². The van der Waals surface area contributed by atoms with Gasteiger partial charge in [0.1, 0.15) is 11.6 Å². The fraction of sp³-hybridized carbons (Fsp3) is 0.250. The Morgan fingerprint density at radius 1 is 0.536 bits per heavy atom. The molecule has 0 aliphatic rings. The molecule has 352 valence electrons. The maximum Gasteiger partial charge on any atom is 0.148 e. The van der Waals surface area contributed by atoms with Crippen molar-refractivity contribution >= 4 is 11.0 Å². The van der Waals surface area contributed by atoms with Crippen LogP contribution in [0.25, 0.3) is 83.9 Å². The molecule has 1 N–H and O–H groups in total. The first kappa shape index (κ1) is 32.5. The van der Waals surface area contributed by atoms with Gasteiger partial charge >= 0.3 is 0 Å². The van der Waals surface area contributed by atoms with Crippen LogP contribution < -0.4 is 0 Å². The van der Waals surface area contributed by atoms with E-state index in [4.69, 9.17) is 22.8 Å². The molecule has 4 nitrogen and oxygen atoms in total. The van der Waals surface area contributed by atoms with Crippen LogP contribution in [0, 0.1) is 6.07 Å². The summed E-state index contributed by atoms with van der Waals surface area (Å²) in [6, 6.07) is 36.1. The van der Waals surface area contributed by atoms with E-state index in [0.717, 1.165) is 33.5 Å². The fourth-order valence-electron chi connectivity index (χ4n) is 8.37. The number of fused-ring (bicyclic) bond motifs is 1. The van der Waals surface area contributed by atoms with Crippen molar-refractivity contribution in [1.29, 1.82) is 0 Å². The average Bonchev–Trinajstić information content (AvgIpc) is 1.08. The summed E-state index contributed by atoms with van der Waals surface area (Å²) in [5.74, 6) is 0.515. The molecule has 0 fully saturated rings. The number of nitrogens with zero attached hydrogens (tertiary/aromatic N) is 3. The van der Waals surface area contributed by atoms with E-state index < -0.39 is 90.5 Å². The van der Waals surface area contributed by atoms with Crippen molar-refractivity contribution in [3.8, 4) is 78.6 Å². The molecule has 69 heavy (non-hydrogen) atoms. The SMILES string of the molecule is [2H]c1nc(-c2[c-]c(-c3cccc4c3nc(-c3cc(C(C)(C)C)cc(C(C)(C)C)c3O)n4-c3cc(-c4ccccc4)cc(C(C)(C)C)c3)cc(-c3ccccc3)c2)c([2H])c(-c2c([2H])c([2H])c(C(C([2H])([2H])[2H])(C([2H])([2H])[2H])C([2H])([2H])[2H])c([2H])c2[2H])c1[2H].[Pt]. The van der Waals surface area contributed by atoms with Crippen LogP contribution in [0.3, 0.4) is 0 Å². The first-order valence-electron chi connectivity index (χ1n) is 30.6. The van der Waals surface area contributed by atoms with Crippen molar-refractivity contribution in [2.45, 2.75) is 105 Å². The molecule has 0 saturated carbocycles. The first-order chi connectivity index (χ1) is 38.8. The van der Waals surface area contributed by atoms with Gasteiger partial charge in [-0.3, -0.25) is 9.55 Å². The maximum atomic E-state index is 12.7. The molecule has 9 rings (SSSR count). The first-order valence-corrected chi connectivity index (χ1v) is 22.6. The predicted molar refractivity (Wildman–Crippen MR) is 287 cm³/mol. The number of rotatable bonds is 7. The summed E-state index contributed by atoms with van der Waals surface area (Å²) in [5, 5.41) is 12.7. The maximum absolute atomic E-state index is 12.7. The summed E-state index contributed by atoms with van der Waals surface area (Å²) in [6.45, 7) is 7.17. The van der Waals surface area contributed by atoms with Crippen LogP contribution in [0.5, 0.6) is 5.75 Å². The van der Waals surface area contributed by atoms with Gasteiger partial charge in [-0.1, -0.05) is 215 Å². The molecule has 0 saturated heterocycles. The molecular formula is C64H64N3OPt-. The van der Waals surface area contributed by atoms with Crippen molar-refractivity contribution in [3.05, 3.63) is 192 Å². The van der Waals surface area contributed by atoms with Gasteiger partial charge in [0.15, 0.2) is 0 Å². The molecule has 9 aromatic rings. The Bertz CT molecular complexity index is 4010. The van der Waals surface area contributed by atoms with Crippen LogP contribution in [-0.2, 0) is 42.7 Å². The van der Waals surface area contributed by atoms with Crippen LogP contribution in [0.1, 0.15) is 127 Å². The zero-order chi connectivity index (χ0) is 61.9. The van der Waals surface area contributed by atoms with Crippen molar-refractivity contribution < 1.29 is 48.1 Å². The van der Waals surface area contributed by atoms with Crippen LogP contribution in [0.4, 0.5) is 0 Å². The van der Waals surface area contributed by atoms with Crippen LogP contribution in [0.15, 0.2) is 164 Å². The van der Waals surface area contributed by atoms with Gasteiger partial charge < -0.3 is 5.11 Å². The summed E-state index contributed by atoms with van der Waals surface area (Å²) in [4.78, 5) is 9.95. The van der Waals surface area contributed by atoms with Crippen LogP contribution in [-0.4, -0.2) is 19.6 Å². The van der Waals surface area contributed by atoms with Crippen molar-refractivity contribution in [3.63, 3.8) is 0 Å². The number of phenols is 1. The second-order valence-corrected chi connectivity index (χ2v) is 20.5. The van der Waals surface area contributed by atoms with E-state index in [2.05, 4.69) is 114 Å². The minimum absolute atomic E-state index is 0. The van der Waals surface area contributed by atoms with E-state index in [0.29, 0.717) is 44.7 Å². The topological polar surface area (TPSA) is 50.9 Å². The number of imidazole rings is 1. The molecule has 0 spiro atoms. The molecule has 0 unspecified atom stereocenters. The summed E-state index contributed by atoms with van der Waals surface area (Å²) < 4.78 is 141. The molecule has 2 aromatic heterocycles. The average molecular weight is 1100 g/mol.